The van der Waals surface area contributed by atoms with Crippen molar-refractivity contribution in [1.29, 1.82) is 0 Å². The average molecular weight is 295 g/mol. The summed E-state index contributed by atoms with van der Waals surface area (Å²) < 4.78 is 7.15. The van der Waals surface area contributed by atoms with Gasteiger partial charge in [-0.15, -0.1) is 0 Å². The molecule has 6 nitrogen and oxygen atoms in total. The normalized spacial score (nSPS) is 10.5. The number of anilines is 2. The van der Waals surface area contributed by atoms with Gasteiger partial charge in [0.25, 0.3) is 0 Å². The average Bonchev–Trinajstić information content (AvgIpc) is 2.95. The van der Waals surface area contributed by atoms with Crippen molar-refractivity contribution in [3.63, 3.8) is 0 Å². The van der Waals surface area contributed by atoms with E-state index >= 15 is 0 Å². The molecule has 22 heavy (non-hydrogen) atoms. The Kier molecular flexibility index (Phi) is 4.00. The summed E-state index contributed by atoms with van der Waals surface area (Å²) in [7, 11) is 1.91. The first kappa shape index (κ1) is 14.1. The van der Waals surface area contributed by atoms with E-state index < -0.39 is 0 Å². The van der Waals surface area contributed by atoms with E-state index in [9.17, 15) is 0 Å². The molecule has 0 amide bonds. The molecule has 0 aliphatic rings. The van der Waals surface area contributed by atoms with Gasteiger partial charge in [-0.1, -0.05) is 12.1 Å². The monoisotopic (exact) mass is 295 g/mol. The van der Waals surface area contributed by atoms with E-state index in [-0.39, 0.29) is 0 Å². The number of aromatic nitrogens is 4. The van der Waals surface area contributed by atoms with Gasteiger partial charge in [-0.2, -0.15) is 5.10 Å². The van der Waals surface area contributed by atoms with E-state index in [0.717, 1.165) is 16.8 Å². The van der Waals surface area contributed by atoms with Gasteiger partial charge < -0.3 is 10.1 Å². The fourth-order valence-corrected chi connectivity index (χ4v) is 2.10. The molecule has 0 saturated carbocycles. The number of aryl methyl sites for hydroxylation is 1. The Labute approximate surface area is 128 Å². The molecule has 0 radical (unpaired) electrons. The molecule has 0 aliphatic carbocycles. The number of hydrogen-bond acceptors (Lipinski definition) is 5. The zero-order valence-electron chi connectivity index (χ0n) is 12.5. The molecule has 0 aliphatic heterocycles. The molecule has 1 N–H and O–H groups in total. The van der Waals surface area contributed by atoms with Gasteiger partial charge in [-0.25, -0.2) is 9.97 Å². The zero-order chi connectivity index (χ0) is 15.4. The van der Waals surface area contributed by atoms with Crippen LogP contribution < -0.4 is 10.1 Å². The van der Waals surface area contributed by atoms with E-state index in [1.165, 1.54) is 6.33 Å². The van der Waals surface area contributed by atoms with Crippen LogP contribution in [0.1, 0.15) is 6.92 Å². The van der Waals surface area contributed by atoms with Gasteiger partial charge in [0, 0.05) is 30.6 Å². The van der Waals surface area contributed by atoms with E-state index in [2.05, 4.69) is 20.4 Å². The van der Waals surface area contributed by atoms with Crippen LogP contribution in [-0.2, 0) is 7.05 Å². The van der Waals surface area contributed by atoms with Crippen LogP contribution in [-0.4, -0.2) is 26.4 Å². The van der Waals surface area contributed by atoms with Gasteiger partial charge >= 0.3 is 0 Å². The Morgan fingerprint density at radius 1 is 1.14 bits per heavy atom. The third-order valence-electron chi connectivity index (χ3n) is 3.13. The summed E-state index contributed by atoms with van der Waals surface area (Å²) in [6.07, 6.45) is 5.32. The summed E-state index contributed by atoms with van der Waals surface area (Å²) >= 11 is 0. The molecule has 6 heteroatoms. The Hall–Kier alpha value is -2.89. The molecule has 3 rings (SSSR count). The molecular formula is C16H17N5O. The van der Waals surface area contributed by atoms with E-state index in [4.69, 9.17) is 4.74 Å². The number of ether oxygens (including phenoxy) is 1. The van der Waals surface area contributed by atoms with Gasteiger partial charge in [0.05, 0.1) is 12.8 Å². The molecule has 0 bridgehead atoms. The maximum atomic E-state index is 5.36. The smallest absolute Gasteiger partial charge is 0.218 e. The highest BCUT2D eigenvalue weighted by molar-refractivity contribution is 5.66. The summed E-state index contributed by atoms with van der Waals surface area (Å²) in [6, 6.07) is 9.88. The largest absolute Gasteiger partial charge is 0.478 e. The lowest BCUT2D eigenvalue weighted by atomic mass is 10.1. The third kappa shape index (κ3) is 3.22. The molecule has 0 unspecified atom stereocenters. The highest BCUT2D eigenvalue weighted by atomic mass is 16.5. The lowest BCUT2D eigenvalue weighted by Crippen LogP contribution is -1.98. The van der Waals surface area contributed by atoms with Gasteiger partial charge in [0.15, 0.2) is 0 Å². The first-order valence-electron chi connectivity index (χ1n) is 7.05. The Balaban J connectivity index is 1.74. The van der Waals surface area contributed by atoms with Crippen molar-refractivity contribution in [1.82, 2.24) is 19.7 Å². The fraction of sp³-hybridized carbons (Fsp3) is 0.188. The molecule has 0 atom stereocenters. The number of rotatable bonds is 5. The third-order valence-corrected chi connectivity index (χ3v) is 3.13. The van der Waals surface area contributed by atoms with Crippen LogP contribution >= 0.6 is 0 Å². The highest BCUT2D eigenvalue weighted by Crippen LogP contribution is 2.23. The fourth-order valence-electron chi connectivity index (χ4n) is 2.10. The number of hydrogen-bond donors (Lipinski definition) is 1. The summed E-state index contributed by atoms with van der Waals surface area (Å²) in [6.45, 7) is 2.50. The molecule has 0 spiro atoms. The highest BCUT2D eigenvalue weighted by Gasteiger charge is 2.02. The van der Waals surface area contributed by atoms with Crippen LogP contribution in [0.25, 0.3) is 11.1 Å². The van der Waals surface area contributed by atoms with Crippen molar-refractivity contribution in [2.24, 2.45) is 7.05 Å². The zero-order valence-corrected chi connectivity index (χ0v) is 12.5. The van der Waals surface area contributed by atoms with Crippen LogP contribution in [0.3, 0.4) is 0 Å². The van der Waals surface area contributed by atoms with Crippen molar-refractivity contribution in [2.45, 2.75) is 6.92 Å². The van der Waals surface area contributed by atoms with Crippen LogP contribution in [0, 0.1) is 0 Å². The van der Waals surface area contributed by atoms with Crippen molar-refractivity contribution >= 4 is 11.5 Å². The maximum absolute atomic E-state index is 5.36. The van der Waals surface area contributed by atoms with Crippen LogP contribution in [0.15, 0.2) is 49.1 Å². The SMILES string of the molecule is CCOc1cc(Nc2ccc(-c3cnn(C)c3)cc2)ncn1. The molecule has 112 valence electrons. The quantitative estimate of drug-likeness (QED) is 0.784. The second-order valence-corrected chi connectivity index (χ2v) is 4.78. The van der Waals surface area contributed by atoms with E-state index in [1.807, 2.05) is 50.6 Å². The molecular weight excluding hydrogens is 278 g/mol. The van der Waals surface area contributed by atoms with Gasteiger partial charge in [-0.05, 0) is 24.6 Å². The van der Waals surface area contributed by atoms with E-state index in [0.29, 0.717) is 18.3 Å². The second kappa shape index (κ2) is 6.26. The van der Waals surface area contributed by atoms with Gasteiger partial charge in [-0.3, -0.25) is 4.68 Å². The first-order chi connectivity index (χ1) is 10.7. The maximum Gasteiger partial charge on any atom is 0.218 e. The molecule has 1 aromatic carbocycles. The molecule has 0 fully saturated rings. The van der Waals surface area contributed by atoms with Crippen LogP contribution in [0.5, 0.6) is 5.88 Å². The Bertz CT molecular complexity index is 751. The second-order valence-electron chi connectivity index (χ2n) is 4.78. The first-order valence-corrected chi connectivity index (χ1v) is 7.05. The summed E-state index contributed by atoms with van der Waals surface area (Å²) in [5.41, 5.74) is 3.17. The van der Waals surface area contributed by atoms with Gasteiger partial charge in [0.2, 0.25) is 5.88 Å². The minimum absolute atomic E-state index is 0.562. The summed E-state index contributed by atoms with van der Waals surface area (Å²) in [5, 5.41) is 7.42. The number of nitrogens with one attached hydrogen (secondary N) is 1. The Morgan fingerprint density at radius 2 is 1.95 bits per heavy atom. The molecule has 2 heterocycles. The van der Waals surface area contributed by atoms with Crippen molar-refractivity contribution in [2.75, 3.05) is 11.9 Å². The lowest BCUT2D eigenvalue weighted by Gasteiger charge is -2.07. The minimum atomic E-state index is 0.562. The summed E-state index contributed by atoms with van der Waals surface area (Å²) in [5.74, 6) is 1.26. The van der Waals surface area contributed by atoms with Crippen LogP contribution in [0.4, 0.5) is 11.5 Å². The van der Waals surface area contributed by atoms with Crippen LogP contribution in [0.2, 0.25) is 0 Å². The van der Waals surface area contributed by atoms with Gasteiger partial charge in [0.1, 0.15) is 12.1 Å². The molecule has 3 aromatic rings. The number of nitrogens with zero attached hydrogens (tertiary/aromatic N) is 4. The van der Waals surface area contributed by atoms with Crippen molar-refractivity contribution in [3.8, 4) is 17.0 Å². The minimum Gasteiger partial charge on any atom is -0.478 e. The predicted molar refractivity (Wildman–Crippen MR) is 85.1 cm³/mol. The van der Waals surface area contributed by atoms with E-state index in [1.54, 1.807) is 10.7 Å². The molecule has 0 saturated heterocycles. The lowest BCUT2D eigenvalue weighted by molar-refractivity contribution is 0.326. The van der Waals surface area contributed by atoms with Crippen molar-refractivity contribution < 1.29 is 4.74 Å². The van der Waals surface area contributed by atoms with Crippen molar-refractivity contribution in [3.05, 3.63) is 49.1 Å². The standard InChI is InChI=1S/C16H17N5O/c1-3-22-16-8-15(17-11-18-16)20-14-6-4-12(5-7-14)13-9-19-21(2)10-13/h4-11H,3H2,1-2H3,(H,17,18,20). The topological polar surface area (TPSA) is 64.9 Å². The Morgan fingerprint density at radius 3 is 2.64 bits per heavy atom. The predicted octanol–water partition coefficient (Wildman–Crippen LogP) is 3.02. The number of benzene rings is 1. The molecule has 2 aromatic heterocycles. The summed E-state index contributed by atoms with van der Waals surface area (Å²) in [4.78, 5) is 8.23.